The highest BCUT2D eigenvalue weighted by atomic mass is 79.9. The smallest absolute Gasteiger partial charge is 0.311 e. The Balaban J connectivity index is 2.85. The van der Waals surface area contributed by atoms with Crippen LogP contribution in [0.4, 0.5) is 0 Å². The van der Waals surface area contributed by atoms with Crippen molar-refractivity contribution in [2.45, 2.75) is 13.3 Å². The van der Waals surface area contributed by atoms with Crippen molar-refractivity contribution in [2.75, 3.05) is 6.61 Å². The van der Waals surface area contributed by atoms with Gasteiger partial charge in [-0.3, -0.25) is 4.79 Å². The first-order valence-electron chi connectivity index (χ1n) is 4.38. The average molecular weight is 269 g/mol. The number of halogens is 1. The number of esters is 1. The normalized spacial score (nSPS) is 9.40. The lowest BCUT2D eigenvalue weighted by atomic mass is 10.2. The topological polar surface area (TPSA) is 63.0 Å². The summed E-state index contributed by atoms with van der Waals surface area (Å²) < 4.78 is 5.49. The van der Waals surface area contributed by atoms with E-state index in [-0.39, 0.29) is 18.1 Å². The number of rotatable bonds is 3. The Hall–Kier alpha value is -1.41. The summed E-state index contributed by atoms with van der Waals surface area (Å²) >= 11 is 3.26. The van der Waals surface area contributed by atoms with Crippen LogP contribution in [0, 0.1) is 11.3 Å². The number of nitriles is 1. The molecule has 0 spiro atoms. The van der Waals surface area contributed by atoms with Crippen LogP contribution in [0.15, 0.2) is 16.6 Å². The van der Waals surface area contributed by atoms with Crippen molar-refractivity contribution in [1.82, 2.24) is 4.98 Å². The van der Waals surface area contributed by atoms with Crippen LogP contribution in [0.3, 0.4) is 0 Å². The van der Waals surface area contributed by atoms with Crippen LogP contribution in [-0.2, 0) is 16.0 Å². The van der Waals surface area contributed by atoms with E-state index in [2.05, 4.69) is 20.9 Å². The molecule has 0 aliphatic rings. The zero-order valence-electron chi connectivity index (χ0n) is 8.16. The van der Waals surface area contributed by atoms with Gasteiger partial charge in [-0.05, 0) is 35.0 Å². The van der Waals surface area contributed by atoms with Crippen LogP contribution in [0.25, 0.3) is 0 Å². The van der Waals surface area contributed by atoms with Crippen LogP contribution in [-0.4, -0.2) is 17.6 Å². The molecule has 0 saturated carbocycles. The number of hydrogen-bond donors (Lipinski definition) is 0. The van der Waals surface area contributed by atoms with E-state index in [1.54, 1.807) is 19.1 Å². The molecule has 0 radical (unpaired) electrons. The van der Waals surface area contributed by atoms with Gasteiger partial charge >= 0.3 is 5.97 Å². The minimum atomic E-state index is -0.346. The molecular formula is C10H9BrN2O2. The largest absolute Gasteiger partial charge is 0.466 e. The second-order valence-electron chi connectivity index (χ2n) is 2.72. The van der Waals surface area contributed by atoms with E-state index >= 15 is 0 Å². The molecule has 0 N–H and O–H groups in total. The summed E-state index contributed by atoms with van der Waals surface area (Å²) in [6, 6.07) is 5.19. The third-order valence-corrected chi connectivity index (χ3v) is 2.37. The fraction of sp³-hybridized carbons (Fsp3) is 0.300. The molecule has 0 saturated heterocycles. The van der Waals surface area contributed by atoms with E-state index < -0.39 is 0 Å². The van der Waals surface area contributed by atoms with Gasteiger partial charge in [0.2, 0.25) is 0 Å². The van der Waals surface area contributed by atoms with E-state index in [1.807, 2.05) is 6.07 Å². The maximum absolute atomic E-state index is 11.2. The molecule has 0 unspecified atom stereocenters. The third-order valence-electron chi connectivity index (χ3n) is 1.65. The first kappa shape index (κ1) is 11.7. The van der Waals surface area contributed by atoms with Gasteiger partial charge in [-0.25, -0.2) is 4.98 Å². The first-order chi connectivity index (χ1) is 7.17. The van der Waals surface area contributed by atoms with Crippen LogP contribution in [0.1, 0.15) is 18.3 Å². The number of carbonyl (C=O) groups excluding carboxylic acids is 1. The molecule has 0 aliphatic heterocycles. The van der Waals surface area contributed by atoms with Crippen molar-refractivity contribution >= 4 is 21.9 Å². The van der Waals surface area contributed by atoms with E-state index in [4.69, 9.17) is 10.00 Å². The van der Waals surface area contributed by atoms with Crippen LogP contribution in [0.2, 0.25) is 0 Å². The summed E-state index contributed by atoms with van der Waals surface area (Å²) in [7, 11) is 0. The van der Waals surface area contributed by atoms with E-state index in [0.29, 0.717) is 16.8 Å². The Morgan fingerprint density at radius 3 is 3.00 bits per heavy atom. The monoisotopic (exact) mass is 268 g/mol. The molecule has 1 rings (SSSR count). The maximum Gasteiger partial charge on any atom is 0.311 e. The number of aromatic nitrogens is 1. The third kappa shape index (κ3) is 3.33. The Kier molecular flexibility index (Phi) is 4.25. The Labute approximate surface area is 96.0 Å². The SMILES string of the molecule is CCOC(=O)Cc1nc(C#N)ccc1Br. The van der Waals surface area contributed by atoms with Crippen molar-refractivity contribution in [1.29, 1.82) is 5.26 Å². The predicted octanol–water partition coefficient (Wildman–Crippen LogP) is 1.82. The summed E-state index contributed by atoms with van der Waals surface area (Å²) in [5, 5.41) is 8.65. The molecule has 1 heterocycles. The summed E-state index contributed by atoms with van der Waals surface area (Å²) in [5.41, 5.74) is 0.810. The van der Waals surface area contributed by atoms with Gasteiger partial charge in [-0.15, -0.1) is 0 Å². The van der Waals surface area contributed by atoms with E-state index in [1.165, 1.54) is 0 Å². The second-order valence-corrected chi connectivity index (χ2v) is 3.57. The number of hydrogen-bond acceptors (Lipinski definition) is 4. The van der Waals surface area contributed by atoms with Gasteiger partial charge in [-0.2, -0.15) is 5.26 Å². The molecule has 0 bridgehead atoms. The Bertz CT molecular complexity index is 412. The van der Waals surface area contributed by atoms with Gasteiger partial charge in [0.15, 0.2) is 0 Å². The number of pyridine rings is 1. The van der Waals surface area contributed by atoms with E-state index in [9.17, 15) is 4.79 Å². The van der Waals surface area contributed by atoms with Crippen molar-refractivity contribution in [3.63, 3.8) is 0 Å². The fourth-order valence-corrected chi connectivity index (χ4v) is 1.38. The van der Waals surface area contributed by atoms with Crippen LogP contribution in [0.5, 0.6) is 0 Å². The lowest BCUT2D eigenvalue weighted by Gasteiger charge is -2.03. The summed E-state index contributed by atoms with van der Waals surface area (Å²) in [5.74, 6) is -0.346. The van der Waals surface area contributed by atoms with Crippen molar-refractivity contribution in [3.05, 3.63) is 28.0 Å². The number of nitrogens with zero attached hydrogens (tertiary/aromatic N) is 2. The summed E-state index contributed by atoms with van der Waals surface area (Å²) in [4.78, 5) is 15.2. The fourth-order valence-electron chi connectivity index (χ4n) is 1.02. The van der Waals surface area contributed by atoms with Crippen molar-refractivity contribution < 1.29 is 9.53 Å². The second kappa shape index (κ2) is 5.47. The summed E-state index contributed by atoms with van der Waals surface area (Å²) in [6.45, 7) is 2.08. The predicted molar refractivity (Wildman–Crippen MR) is 57.0 cm³/mol. The minimum absolute atomic E-state index is 0.0734. The molecule has 0 aromatic carbocycles. The lowest BCUT2D eigenvalue weighted by Crippen LogP contribution is -2.09. The molecule has 0 atom stereocenters. The van der Waals surface area contributed by atoms with Crippen molar-refractivity contribution in [2.24, 2.45) is 0 Å². The molecule has 4 nitrogen and oxygen atoms in total. The van der Waals surface area contributed by atoms with Crippen LogP contribution < -0.4 is 0 Å². The quantitative estimate of drug-likeness (QED) is 0.785. The highest BCUT2D eigenvalue weighted by Gasteiger charge is 2.09. The molecule has 5 heteroatoms. The molecule has 1 aromatic rings. The van der Waals surface area contributed by atoms with Gasteiger partial charge in [0.25, 0.3) is 0 Å². The molecular weight excluding hydrogens is 260 g/mol. The summed E-state index contributed by atoms with van der Waals surface area (Å²) in [6.07, 6.45) is 0.0734. The minimum Gasteiger partial charge on any atom is -0.466 e. The molecule has 0 amide bonds. The average Bonchev–Trinajstić information content (AvgIpc) is 2.21. The maximum atomic E-state index is 11.2. The van der Waals surface area contributed by atoms with E-state index in [0.717, 1.165) is 0 Å². The number of carbonyl (C=O) groups is 1. The standard InChI is InChI=1S/C10H9BrN2O2/c1-2-15-10(14)5-9-8(11)4-3-7(6-12)13-9/h3-4H,2,5H2,1H3. The Morgan fingerprint density at radius 2 is 2.40 bits per heavy atom. The molecule has 78 valence electrons. The van der Waals surface area contributed by atoms with Gasteiger partial charge in [0, 0.05) is 4.47 Å². The molecule has 15 heavy (non-hydrogen) atoms. The van der Waals surface area contributed by atoms with Crippen LogP contribution >= 0.6 is 15.9 Å². The van der Waals surface area contributed by atoms with Gasteiger partial charge in [0.1, 0.15) is 11.8 Å². The lowest BCUT2D eigenvalue weighted by molar-refractivity contribution is -0.142. The van der Waals surface area contributed by atoms with Gasteiger partial charge < -0.3 is 4.74 Å². The molecule has 1 aromatic heterocycles. The zero-order chi connectivity index (χ0) is 11.3. The highest BCUT2D eigenvalue weighted by molar-refractivity contribution is 9.10. The van der Waals surface area contributed by atoms with Gasteiger partial charge in [0.05, 0.1) is 18.7 Å². The molecule has 0 aliphatic carbocycles. The molecule has 0 fully saturated rings. The first-order valence-corrected chi connectivity index (χ1v) is 5.17. The van der Waals surface area contributed by atoms with Crippen molar-refractivity contribution in [3.8, 4) is 6.07 Å². The highest BCUT2D eigenvalue weighted by Crippen LogP contribution is 2.15. The zero-order valence-corrected chi connectivity index (χ0v) is 9.74. The van der Waals surface area contributed by atoms with Gasteiger partial charge in [-0.1, -0.05) is 0 Å². The Morgan fingerprint density at radius 1 is 1.67 bits per heavy atom. The number of ether oxygens (including phenoxy) is 1.